The number of benzene rings is 1. The molecule has 0 amide bonds. The van der Waals surface area contributed by atoms with Crippen LogP contribution in [-0.4, -0.2) is 106 Å². The van der Waals surface area contributed by atoms with Gasteiger partial charge < -0.3 is 47.7 Å². The van der Waals surface area contributed by atoms with Crippen LogP contribution in [0.1, 0.15) is 147 Å². The number of fused-ring (bicyclic) bond motifs is 2. The van der Waals surface area contributed by atoms with Crippen LogP contribution in [0.2, 0.25) is 0 Å². The van der Waals surface area contributed by atoms with Crippen LogP contribution in [-0.2, 0) is 73.0 Å². The Hall–Kier alpha value is -4.15. The number of aliphatic hydroxyl groups is 1. The van der Waals surface area contributed by atoms with Crippen molar-refractivity contribution in [2.75, 3.05) is 6.61 Å². The topological polar surface area (TPSA) is 189 Å². The first-order chi connectivity index (χ1) is 31.0. The van der Waals surface area contributed by atoms with Gasteiger partial charge in [-0.3, -0.25) is 4.79 Å². The van der Waals surface area contributed by atoms with Gasteiger partial charge in [-0.2, -0.15) is 0 Å². The molecule has 376 valence electrons. The molecule has 1 aromatic carbocycles. The van der Waals surface area contributed by atoms with Crippen molar-refractivity contribution in [1.82, 2.24) is 0 Å². The molecular weight excluding hydrogens is 865 g/mol. The largest absolute Gasteiger partial charge is 0.458 e. The zero-order valence-corrected chi connectivity index (χ0v) is 42.4. The number of ether oxygens (including phenoxy) is 9. The lowest BCUT2D eigenvalue weighted by Crippen LogP contribution is -2.79. The van der Waals surface area contributed by atoms with Crippen molar-refractivity contribution in [3.05, 3.63) is 60.2 Å². The Balaban J connectivity index is 2.04. The van der Waals surface area contributed by atoms with Crippen molar-refractivity contribution in [2.24, 2.45) is 17.8 Å². The van der Waals surface area contributed by atoms with Gasteiger partial charge in [-0.15, -0.1) is 0 Å². The molecular formula is C52H78O15. The van der Waals surface area contributed by atoms with Gasteiger partial charge in [-0.1, -0.05) is 77.1 Å². The first kappa shape index (κ1) is 55.4. The van der Waals surface area contributed by atoms with Crippen LogP contribution in [0.5, 0.6) is 0 Å². The van der Waals surface area contributed by atoms with Gasteiger partial charge in [0.1, 0.15) is 22.9 Å². The van der Waals surface area contributed by atoms with E-state index in [4.69, 9.17) is 42.6 Å². The van der Waals surface area contributed by atoms with Crippen LogP contribution in [0.25, 0.3) is 0 Å². The molecule has 0 saturated carbocycles. The predicted octanol–water partition coefficient (Wildman–Crippen LogP) is 8.21. The van der Waals surface area contributed by atoms with Crippen LogP contribution in [0.4, 0.5) is 0 Å². The van der Waals surface area contributed by atoms with E-state index in [1.165, 1.54) is 33.8 Å². The molecule has 3 heterocycles. The minimum absolute atomic E-state index is 0.0746. The highest BCUT2D eigenvalue weighted by Gasteiger charge is 2.87. The Morgan fingerprint density at radius 3 is 2.04 bits per heavy atom. The maximum Gasteiger partial charge on any atom is 0.347 e. The highest BCUT2D eigenvalue weighted by atomic mass is 16.8. The van der Waals surface area contributed by atoms with E-state index >= 15 is 9.59 Å². The third-order valence-electron chi connectivity index (χ3n) is 11.9. The van der Waals surface area contributed by atoms with Crippen LogP contribution in [0, 0.1) is 17.8 Å². The number of carbonyl (C=O) groups excluding carboxylic acids is 5. The summed E-state index contributed by atoms with van der Waals surface area (Å²) in [6.45, 7) is 28.0. The normalized spacial score (nSPS) is 28.4. The van der Waals surface area contributed by atoms with Crippen LogP contribution in [0.3, 0.4) is 0 Å². The number of esters is 5. The van der Waals surface area contributed by atoms with Gasteiger partial charge in [0.2, 0.25) is 17.5 Å². The molecule has 1 aromatic rings. The quantitative estimate of drug-likeness (QED) is 0.0604. The highest BCUT2D eigenvalue weighted by molar-refractivity contribution is 6.00. The molecule has 11 atom stereocenters. The predicted molar refractivity (Wildman–Crippen MR) is 248 cm³/mol. The molecule has 67 heavy (non-hydrogen) atoms. The summed E-state index contributed by atoms with van der Waals surface area (Å²) in [5.41, 5.74) is -9.13. The third kappa shape index (κ3) is 14.0. The summed E-state index contributed by atoms with van der Waals surface area (Å²) in [6.07, 6.45) is -1.66. The summed E-state index contributed by atoms with van der Waals surface area (Å²) < 4.78 is 56.4. The molecule has 3 aliphatic rings. The van der Waals surface area contributed by atoms with Gasteiger partial charge in [0, 0.05) is 31.9 Å². The Morgan fingerprint density at radius 2 is 1.49 bits per heavy atom. The molecule has 4 rings (SSSR count). The minimum atomic E-state index is -3.49. The molecule has 2 bridgehead atoms. The fourth-order valence-corrected chi connectivity index (χ4v) is 8.75. The van der Waals surface area contributed by atoms with E-state index in [1.807, 2.05) is 44.2 Å². The number of hydrogen-bond acceptors (Lipinski definition) is 15. The number of rotatable bonds is 19. The van der Waals surface area contributed by atoms with Crippen LogP contribution >= 0.6 is 0 Å². The fourth-order valence-electron chi connectivity index (χ4n) is 8.75. The number of allylic oxidation sites excluding steroid dienone is 1. The zero-order valence-electron chi connectivity index (χ0n) is 42.4. The van der Waals surface area contributed by atoms with Gasteiger partial charge in [-0.05, 0) is 124 Å². The molecule has 15 heteroatoms. The van der Waals surface area contributed by atoms with E-state index in [2.05, 4.69) is 20.4 Å². The summed E-state index contributed by atoms with van der Waals surface area (Å²) >= 11 is 0. The zero-order chi connectivity index (χ0) is 50.3. The average molecular weight is 943 g/mol. The van der Waals surface area contributed by atoms with Crippen molar-refractivity contribution in [3.8, 4) is 0 Å². The second-order valence-electron chi connectivity index (χ2n) is 21.6. The Kier molecular flexibility index (Phi) is 18.3. The first-order valence-corrected chi connectivity index (χ1v) is 23.8. The third-order valence-corrected chi connectivity index (χ3v) is 11.9. The van der Waals surface area contributed by atoms with E-state index in [9.17, 15) is 19.5 Å². The van der Waals surface area contributed by atoms with E-state index in [-0.39, 0.29) is 24.7 Å². The van der Waals surface area contributed by atoms with E-state index in [0.29, 0.717) is 37.4 Å². The minimum Gasteiger partial charge on any atom is -0.458 e. The maximum atomic E-state index is 15.5. The van der Waals surface area contributed by atoms with Gasteiger partial charge in [-0.25, -0.2) is 19.2 Å². The lowest BCUT2D eigenvalue weighted by molar-refractivity contribution is -0.384. The molecule has 0 spiro atoms. The van der Waals surface area contributed by atoms with Crippen LogP contribution in [0.15, 0.2) is 54.6 Å². The van der Waals surface area contributed by atoms with E-state index < -0.39 is 94.3 Å². The fraction of sp³-hybridized carbons (Fsp3) is 0.712. The highest BCUT2D eigenvalue weighted by Crippen LogP contribution is 2.58. The van der Waals surface area contributed by atoms with Crippen molar-refractivity contribution in [1.29, 1.82) is 0 Å². The first-order valence-electron chi connectivity index (χ1n) is 23.8. The Morgan fingerprint density at radius 1 is 0.881 bits per heavy atom. The lowest BCUT2D eigenvalue weighted by Gasteiger charge is -2.51. The van der Waals surface area contributed by atoms with Gasteiger partial charge in [0.15, 0.2) is 18.5 Å². The smallest absolute Gasteiger partial charge is 0.347 e. The summed E-state index contributed by atoms with van der Waals surface area (Å²) in [7, 11) is 0. The molecule has 3 aliphatic heterocycles. The monoisotopic (exact) mass is 943 g/mol. The molecule has 0 radical (unpaired) electrons. The Bertz CT molecular complexity index is 1920. The number of carbonyl (C=O) groups is 5. The summed E-state index contributed by atoms with van der Waals surface area (Å²) in [6, 6.07) is 9.65. The lowest BCUT2D eigenvalue weighted by atomic mass is 9.74. The SMILES string of the molecule is C=C(CC[C@]12O[C@H](C(=O)OC(C)(C)C)[C@@](O)(C(=O)OC(C)(C)C)[C@](C(=O)OC(C)(C)C)(O1)[C@H](OC(=O)/C=C/C(C)CC(C)CC)[C@H]2OC1CCCCO1)C(OC(C)=O)C(C)Cc1ccccc1. The van der Waals surface area contributed by atoms with E-state index in [0.717, 1.165) is 24.8 Å². The summed E-state index contributed by atoms with van der Waals surface area (Å²) in [5, 5.41) is 13.5. The molecule has 0 aliphatic carbocycles. The molecule has 1 N–H and O–H groups in total. The molecule has 0 aromatic heterocycles. The van der Waals surface area contributed by atoms with Gasteiger partial charge in [0.25, 0.3) is 5.60 Å². The molecule has 3 saturated heterocycles. The van der Waals surface area contributed by atoms with Crippen molar-refractivity contribution >= 4 is 29.8 Å². The van der Waals surface area contributed by atoms with Crippen LogP contribution < -0.4 is 0 Å². The molecule has 5 unspecified atom stereocenters. The summed E-state index contributed by atoms with van der Waals surface area (Å²) in [5.74, 6) is -8.09. The second kappa shape index (κ2) is 22.1. The molecule has 15 nitrogen and oxygen atoms in total. The van der Waals surface area contributed by atoms with Gasteiger partial charge >= 0.3 is 29.8 Å². The average Bonchev–Trinajstić information content (AvgIpc) is 3.44. The standard InChI is InChI=1S/C52H78O15/c1-16-32(2)30-33(3)25-26-38(54)61-42-41(62-39-24-20-21-29-59-39)50(28-27-34(4)40(60-36(6)53)35(5)31-37-22-18-17-19-23-37)63-43(44(55)64-47(7,8)9)51(58,45(56)65-48(10,11)12)52(42,67-50)46(57)66-49(13,14)15/h17-19,22-23,25-26,32-33,35,39-43,58H,4,16,20-21,24,27-31H2,1-3,5-15H3/b26-25+/t32?,33?,35?,39?,40?,41-,42-,43-,50+,51-,52+/m1/s1. The van der Waals surface area contributed by atoms with Gasteiger partial charge in [0.05, 0.1) is 0 Å². The van der Waals surface area contributed by atoms with Crippen molar-refractivity contribution < 1.29 is 71.7 Å². The second-order valence-corrected chi connectivity index (χ2v) is 21.6. The van der Waals surface area contributed by atoms with E-state index in [1.54, 1.807) is 47.6 Å². The Labute approximate surface area is 397 Å². The number of hydrogen-bond donors (Lipinski definition) is 1. The van der Waals surface area contributed by atoms with Crippen molar-refractivity contribution in [3.63, 3.8) is 0 Å². The maximum absolute atomic E-state index is 15.5. The summed E-state index contributed by atoms with van der Waals surface area (Å²) in [4.78, 5) is 72.2. The van der Waals surface area contributed by atoms with Crippen molar-refractivity contribution in [2.45, 2.75) is 213 Å². The molecule has 3 fully saturated rings.